The van der Waals surface area contributed by atoms with Gasteiger partial charge in [0, 0.05) is 27.4 Å². The summed E-state index contributed by atoms with van der Waals surface area (Å²) in [5.74, 6) is 1.14. The second kappa shape index (κ2) is 6.32. The van der Waals surface area contributed by atoms with Crippen LogP contribution in [0.25, 0.3) is 0 Å². The molecular formula is C17H14Br2O2. The van der Waals surface area contributed by atoms with Crippen LogP contribution in [0.15, 0.2) is 45.3 Å². The van der Waals surface area contributed by atoms with E-state index in [9.17, 15) is 4.79 Å². The van der Waals surface area contributed by atoms with Gasteiger partial charge in [0.15, 0.2) is 5.78 Å². The molecule has 4 heteroatoms. The van der Waals surface area contributed by atoms with Crippen LogP contribution >= 0.6 is 31.9 Å². The van der Waals surface area contributed by atoms with Gasteiger partial charge >= 0.3 is 0 Å². The van der Waals surface area contributed by atoms with Gasteiger partial charge in [0.25, 0.3) is 0 Å². The lowest BCUT2D eigenvalue weighted by Gasteiger charge is -2.06. The number of carbonyl (C=O) groups excluding carboxylic acids is 1. The molecule has 2 aromatic rings. The minimum absolute atomic E-state index is 0.153. The fourth-order valence-electron chi connectivity index (χ4n) is 2.50. The van der Waals surface area contributed by atoms with Gasteiger partial charge in [-0.2, -0.15) is 0 Å². The highest BCUT2D eigenvalue weighted by molar-refractivity contribution is 9.11. The number of fused-ring (bicyclic) bond motifs is 1. The smallest absolute Gasteiger partial charge is 0.164 e. The molecule has 0 atom stereocenters. The number of benzene rings is 2. The first-order valence-electron chi connectivity index (χ1n) is 6.86. The molecule has 0 aliphatic carbocycles. The number of ketones is 1. The molecule has 2 nitrogen and oxygen atoms in total. The molecule has 21 heavy (non-hydrogen) atoms. The molecule has 0 bridgehead atoms. The van der Waals surface area contributed by atoms with Gasteiger partial charge in [0.2, 0.25) is 0 Å². The predicted octanol–water partition coefficient (Wildman–Crippen LogP) is 4.96. The van der Waals surface area contributed by atoms with E-state index in [4.69, 9.17) is 4.74 Å². The first-order chi connectivity index (χ1) is 10.1. The molecule has 0 amide bonds. The van der Waals surface area contributed by atoms with Crippen molar-refractivity contribution in [2.75, 3.05) is 6.61 Å². The summed E-state index contributed by atoms with van der Waals surface area (Å²) < 4.78 is 7.26. The summed E-state index contributed by atoms with van der Waals surface area (Å²) >= 11 is 6.85. The van der Waals surface area contributed by atoms with Crippen molar-refractivity contribution in [3.8, 4) is 5.75 Å². The maximum Gasteiger partial charge on any atom is 0.164 e. The van der Waals surface area contributed by atoms with E-state index >= 15 is 0 Å². The van der Waals surface area contributed by atoms with Gasteiger partial charge in [0.05, 0.1) is 6.61 Å². The lowest BCUT2D eigenvalue weighted by Crippen LogP contribution is -2.02. The van der Waals surface area contributed by atoms with Crippen LogP contribution in [0.4, 0.5) is 0 Å². The fourth-order valence-corrected chi connectivity index (χ4v) is 3.33. The fraction of sp³-hybridized carbons (Fsp3) is 0.235. The van der Waals surface area contributed by atoms with Crippen LogP contribution in [0.5, 0.6) is 5.75 Å². The van der Waals surface area contributed by atoms with Crippen LogP contribution in [-0.4, -0.2) is 12.4 Å². The number of rotatable bonds is 4. The Bertz CT molecular complexity index is 695. The van der Waals surface area contributed by atoms with Crippen LogP contribution < -0.4 is 4.74 Å². The maximum atomic E-state index is 12.3. The number of Topliss-reactive ketones (excluding diaryl/α,β-unsaturated/α-hetero) is 1. The van der Waals surface area contributed by atoms with Gasteiger partial charge in [-0.3, -0.25) is 4.79 Å². The maximum absolute atomic E-state index is 12.3. The first kappa shape index (κ1) is 14.8. The Balaban J connectivity index is 1.70. The van der Waals surface area contributed by atoms with E-state index in [1.54, 1.807) is 0 Å². The van der Waals surface area contributed by atoms with Gasteiger partial charge in [-0.1, -0.05) is 44.0 Å². The van der Waals surface area contributed by atoms with Crippen molar-refractivity contribution in [2.45, 2.75) is 19.3 Å². The Hall–Kier alpha value is -1.13. The summed E-state index contributed by atoms with van der Waals surface area (Å²) in [7, 11) is 0. The average molecular weight is 410 g/mol. The molecule has 0 N–H and O–H groups in total. The van der Waals surface area contributed by atoms with Crippen molar-refractivity contribution in [2.24, 2.45) is 0 Å². The van der Waals surface area contributed by atoms with Gasteiger partial charge < -0.3 is 4.74 Å². The average Bonchev–Trinajstić information content (AvgIpc) is 2.94. The zero-order chi connectivity index (χ0) is 14.8. The Morgan fingerprint density at radius 2 is 2.00 bits per heavy atom. The Labute approximate surface area is 140 Å². The van der Waals surface area contributed by atoms with Gasteiger partial charge in [-0.05, 0) is 41.8 Å². The summed E-state index contributed by atoms with van der Waals surface area (Å²) in [6, 6.07) is 11.9. The van der Waals surface area contributed by atoms with Crippen molar-refractivity contribution < 1.29 is 9.53 Å². The molecule has 0 radical (unpaired) electrons. The Morgan fingerprint density at radius 3 is 2.86 bits per heavy atom. The summed E-state index contributed by atoms with van der Waals surface area (Å²) in [6.45, 7) is 0.767. The number of carbonyl (C=O) groups is 1. The van der Waals surface area contributed by atoms with Crippen molar-refractivity contribution in [3.63, 3.8) is 0 Å². The molecule has 0 saturated carbocycles. The molecule has 0 saturated heterocycles. The number of hydrogen-bond acceptors (Lipinski definition) is 2. The molecule has 108 valence electrons. The highest BCUT2D eigenvalue weighted by Crippen LogP contribution is 2.27. The third kappa shape index (κ3) is 3.38. The lowest BCUT2D eigenvalue weighted by molar-refractivity contribution is 0.0982. The third-order valence-electron chi connectivity index (χ3n) is 3.62. The SMILES string of the molecule is O=C(CCc1ccc2c(c1)CCO2)c1cc(Br)ccc1Br. The van der Waals surface area contributed by atoms with Crippen LogP contribution in [0.2, 0.25) is 0 Å². The van der Waals surface area contributed by atoms with E-state index in [-0.39, 0.29) is 5.78 Å². The molecule has 0 unspecified atom stereocenters. The summed E-state index contributed by atoms with van der Waals surface area (Å²) in [4.78, 5) is 12.3. The van der Waals surface area contributed by atoms with Crippen molar-refractivity contribution >= 4 is 37.6 Å². The standard InChI is InChI=1S/C17H14Br2O2/c18-13-3-4-15(19)14(10-13)16(20)5-1-11-2-6-17-12(9-11)7-8-21-17/h2-4,6,9-10H,1,5,7-8H2. The highest BCUT2D eigenvalue weighted by Gasteiger charge is 2.14. The molecule has 0 fully saturated rings. The zero-order valence-corrected chi connectivity index (χ0v) is 14.5. The Kier molecular flexibility index (Phi) is 4.45. The second-order valence-corrected chi connectivity index (χ2v) is 6.86. The van der Waals surface area contributed by atoms with Crippen molar-refractivity contribution in [3.05, 3.63) is 62.0 Å². The molecule has 0 spiro atoms. The van der Waals surface area contributed by atoms with Crippen LogP contribution in [0, 0.1) is 0 Å². The van der Waals surface area contributed by atoms with Crippen molar-refractivity contribution in [1.29, 1.82) is 0 Å². The minimum Gasteiger partial charge on any atom is -0.493 e. The van der Waals surface area contributed by atoms with Crippen molar-refractivity contribution in [1.82, 2.24) is 0 Å². The van der Waals surface area contributed by atoms with E-state index < -0.39 is 0 Å². The summed E-state index contributed by atoms with van der Waals surface area (Å²) in [6.07, 6.45) is 2.23. The van der Waals surface area contributed by atoms with E-state index in [1.165, 1.54) is 11.1 Å². The highest BCUT2D eigenvalue weighted by atomic mass is 79.9. The third-order valence-corrected chi connectivity index (χ3v) is 4.81. The van der Waals surface area contributed by atoms with Crippen LogP contribution in [-0.2, 0) is 12.8 Å². The van der Waals surface area contributed by atoms with E-state index in [0.717, 1.165) is 39.7 Å². The predicted molar refractivity (Wildman–Crippen MR) is 90.1 cm³/mol. The van der Waals surface area contributed by atoms with Crippen LogP contribution in [0.1, 0.15) is 27.9 Å². The molecular weight excluding hydrogens is 396 g/mol. The Morgan fingerprint density at radius 1 is 1.14 bits per heavy atom. The van der Waals surface area contributed by atoms with Gasteiger partial charge in [0.1, 0.15) is 5.75 Å². The van der Waals surface area contributed by atoms with E-state index in [1.807, 2.05) is 30.3 Å². The number of hydrogen-bond donors (Lipinski definition) is 0. The number of ether oxygens (including phenoxy) is 1. The molecule has 2 aromatic carbocycles. The normalized spacial score (nSPS) is 12.9. The molecule has 3 rings (SSSR count). The number of halogens is 2. The molecule has 1 aliphatic heterocycles. The van der Waals surface area contributed by atoms with E-state index in [2.05, 4.69) is 37.9 Å². The topological polar surface area (TPSA) is 26.3 Å². The zero-order valence-electron chi connectivity index (χ0n) is 11.4. The summed E-state index contributed by atoms with van der Waals surface area (Å²) in [5, 5.41) is 0. The largest absolute Gasteiger partial charge is 0.493 e. The second-order valence-electron chi connectivity index (χ2n) is 5.09. The van der Waals surface area contributed by atoms with Gasteiger partial charge in [-0.25, -0.2) is 0 Å². The lowest BCUT2D eigenvalue weighted by atomic mass is 10.0. The van der Waals surface area contributed by atoms with Crippen LogP contribution in [0.3, 0.4) is 0 Å². The molecule has 1 aliphatic rings. The van der Waals surface area contributed by atoms with E-state index in [0.29, 0.717) is 6.42 Å². The summed E-state index contributed by atoms with van der Waals surface area (Å²) in [5.41, 5.74) is 3.18. The van der Waals surface area contributed by atoms with Gasteiger partial charge in [-0.15, -0.1) is 0 Å². The monoisotopic (exact) mass is 408 g/mol. The number of aryl methyl sites for hydroxylation is 1. The minimum atomic E-state index is 0.153. The first-order valence-corrected chi connectivity index (χ1v) is 8.45. The molecule has 0 aromatic heterocycles. The molecule has 1 heterocycles. The quantitative estimate of drug-likeness (QED) is 0.667.